The molecule has 1 unspecified atom stereocenters. The first-order valence-electron chi connectivity index (χ1n) is 5.38. The van der Waals surface area contributed by atoms with E-state index in [2.05, 4.69) is 32.0 Å². The summed E-state index contributed by atoms with van der Waals surface area (Å²) in [7, 11) is 0. The Kier molecular flexibility index (Phi) is 2.39. The van der Waals surface area contributed by atoms with Crippen LogP contribution in [-0.4, -0.2) is 0 Å². The standard InChI is InChI=1S/C13H18/c1-3-11-5-7-12-8-10(2)4-6-13(12)9-11/h4,6,8,11H,3,5,7,9H2,1-2H3. The van der Waals surface area contributed by atoms with Crippen molar-refractivity contribution in [3.63, 3.8) is 0 Å². The Labute approximate surface area is 81.0 Å². The lowest BCUT2D eigenvalue weighted by molar-refractivity contribution is 0.445. The smallest absolute Gasteiger partial charge is 0.0248 e. The molecule has 0 aliphatic heterocycles. The molecule has 70 valence electrons. The highest BCUT2D eigenvalue weighted by Crippen LogP contribution is 2.27. The third-order valence-electron chi connectivity index (χ3n) is 3.27. The van der Waals surface area contributed by atoms with Gasteiger partial charge >= 0.3 is 0 Å². The van der Waals surface area contributed by atoms with Crippen LogP contribution in [0.4, 0.5) is 0 Å². The van der Waals surface area contributed by atoms with Crippen molar-refractivity contribution in [1.29, 1.82) is 0 Å². The number of fused-ring (bicyclic) bond motifs is 1. The average Bonchev–Trinajstić information content (AvgIpc) is 2.17. The fourth-order valence-electron chi connectivity index (χ4n) is 2.31. The maximum atomic E-state index is 2.36. The molecule has 0 radical (unpaired) electrons. The molecule has 0 spiro atoms. The summed E-state index contributed by atoms with van der Waals surface area (Å²) in [6.07, 6.45) is 5.35. The van der Waals surface area contributed by atoms with E-state index < -0.39 is 0 Å². The lowest BCUT2D eigenvalue weighted by Crippen LogP contribution is -2.13. The quantitative estimate of drug-likeness (QED) is 0.611. The van der Waals surface area contributed by atoms with Crippen LogP contribution in [0.5, 0.6) is 0 Å². The van der Waals surface area contributed by atoms with Gasteiger partial charge in [-0.25, -0.2) is 0 Å². The van der Waals surface area contributed by atoms with E-state index in [-0.39, 0.29) is 0 Å². The summed E-state index contributed by atoms with van der Waals surface area (Å²) in [5, 5.41) is 0. The highest BCUT2D eigenvalue weighted by atomic mass is 14.2. The Hall–Kier alpha value is -0.780. The zero-order valence-electron chi connectivity index (χ0n) is 8.64. The fraction of sp³-hybridized carbons (Fsp3) is 0.538. The number of aryl methyl sites for hydroxylation is 2. The molecule has 1 aromatic rings. The first-order chi connectivity index (χ1) is 6.29. The Morgan fingerprint density at radius 1 is 1.31 bits per heavy atom. The Bertz CT molecular complexity index is 299. The molecule has 0 fully saturated rings. The van der Waals surface area contributed by atoms with Crippen molar-refractivity contribution in [2.75, 3.05) is 0 Å². The molecule has 13 heavy (non-hydrogen) atoms. The summed E-state index contributed by atoms with van der Waals surface area (Å²) in [4.78, 5) is 0. The lowest BCUT2D eigenvalue weighted by Gasteiger charge is -2.23. The van der Waals surface area contributed by atoms with Crippen LogP contribution in [0, 0.1) is 12.8 Å². The van der Waals surface area contributed by atoms with Gasteiger partial charge in [0, 0.05) is 0 Å². The molecular formula is C13H18. The molecule has 1 aliphatic carbocycles. The molecule has 1 aromatic carbocycles. The molecule has 1 aliphatic rings. The van der Waals surface area contributed by atoms with Crippen LogP contribution in [-0.2, 0) is 12.8 Å². The van der Waals surface area contributed by atoms with E-state index in [9.17, 15) is 0 Å². The molecular weight excluding hydrogens is 156 g/mol. The van der Waals surface area contributed by atoms with Gasteiger partial charge in [0.05, 0.1) is 0 Å². The highest BCUT2D eigenvalue weighted by Gasteiger charge is 2.16. The molecule has 0 heterocycles. The largest absolute Gasteiger partial charge is 0.0651 e. The lowest BCUT2D eigenvalue weighted by atomic mass is 9.82. The first-order valence-corrected chi connectivity index (χ1v) is 5.38. The maximum absolute atomic E-state index is 2.36. The van der Waals surface area contributed by atoms with Gasteiger partial charge in [-0.15, -0.1) is 0 Å². The van der Waals surface area contributed by atoms with Gasteiger partial charge in [0.1, 0.15) is 0 Å². The van der Waals surface area contributed by atoms with E-state index in [0.717, 1.165) is 5.92 Å². The number of benzene rings is 1. The van der Waals surface area contributed by atoms with Crippen molar-refractivity contribution in [2.45, 2.75) is 39.5 Å². The zero-order chi connectivity index (χ0) is 9.26. The van der Waals surface area contributed by atoms with Crippen LogP contribution in [0.15, 0.2) is 18.2 Å². The number of hydrogen-bond donors (Lipinski definition) is 0. The third-order valence-corrected chi connectivity index (χ3v) is 3.27. The number of hydrogen-bond acceptors (Lipinski definition) is 0. The molecule has 0 saturated heterocycles. The van der Waals surface area contributed by atoms with Gasteiger partial charge in [-0.3, -0.25) is 0 Å². The van der Waals surface area contributed by atoms with E-state index in [0.29, 0.717) is 0 Å². The summed E-state index contributed by atoms with van der Waals surface area (Å²) < 4.78 is 0. The second kappa shape index (κ2) is 3.53. The van der Waals surface area contributed by atoms with E-state index in [1.54, 1.807) is 11.1 Å². The fourth-order valence-corrected chi connectivity index (χ4v) is 2.31. The Balaban J connectivity index is 2.26. The van der Waals surface area contributed by atoms with Crippen molar-refractivity contribution < 1.29 is 0 Å². The van der Waals surface area contributed by atoms with Crippen molar-refractivity contribution in [3.05, 3.63) is 34.9 Å². The van der Waals surface area contributed by atoms with Gasteiger partial charge in [-0.05, 0) is 43.2 Å². The van der Waals surface area contributed by atoms with E-state index in [1.807, 2.05) is 0 Å². The van der Waals surface area contributed by atoms with Crippen LogP contribution in [0.3, 0.4) is 0 Å². The zero-order valence-corrected chi connectivity index (χ0v) is 8.64. The topological polar surface area (TPSA) is 0 Å². The normalized spacial score (nSPS) is 21.2. The van der Waals surface area contributed by atoms with E-state index in [4.69, 9.17) is 0 Å². The second-order valence-electron chi connectivity index (χ2n) is 4.29. The third kappa shape index (κ3) is 1.77. The van der Waals surface area contributed by atoms with Gasteiger partial charge in [0.25, 0.3) is 0 Å². The summed E-state index contributed by atoms with van der Waals surface area (Å²) in [5.74, 6) is 0.940. The molecule has 2 rings (SSSR count). The van der Waals surface area contributed by atoms with E-state index in [1.165, 1.54) is 31.2 Å². The van der Waals surface area contributed by atoms with Gasteiger partial charge in [-0.2, -0.15) is 0 Å². The molecule has 0 aromatic heterocycles. The van der Waals surface area contributed by atoms with Crippen molar-refractivity contribution >= 4 is 0 Å². The minimum Gasteiger partial charge on any atom is -0.0651 e. The summed E-state index contributed by atoms with van der Waals surface area (Å²) in [5.41, 5.74) is 4.61. The van der Waals surface area contributed by atoms with Crippen molar-refractivity contribution in [3.8, 4) is 0 Å². The van der Waals surface area contributed by atoms with Gasteiger partial charge in [0.15, 0.2) is 0 Å². The summed E-state index contributed by atoms with van der Waals surface area (Å²) >= 11 is 0. The van der Waals surface area contributed by atoms with Crippen LogP contribution in [0.25, 0.3) is 0 Å². The minimum absolute atomic E-state index is 0.940. The van der Waals surface area contributed by atoms with Crippen molar-refractivity contribution in [1.82, 2.24) is 0 Å². The molecule has 0 nitrogen and oxygen atoms in total. The van der Waals surface area contributed by atoms with Gasteiger partial charge in [0.2, 0.25) is 0 Å². The second-order valence-corrected chi connectivity index (χ2v) is 4.29. The SMILES string of the molecule is CCC1CCc2cc(C)ccc2C1. The van der Waals surface area contributed by atoms with Crippen LogP contribution >= 0.6 is 0 Å². The minimum atomic E-state index is 0.940. The average molecular weight is 174 g/mol. The Morgan fingerprint density at radius 3 is 2.92 bits per heavy atom. The molecule has 0 heteroatoms. The van der Waals surface area contributed by atoms with Crippen LogP contribution < -0.4 is 0 Å². The monoisotopic (exact) mass is 174 g/mol. The molecule has 1 atom stereocenters. The molecule has 0 bridgehead atoms. The highest BCUT2D eigenvalue weighted by molar-refractivity contribution is 5.33. The predicted octanol–water partition coefficient (Wildman–Crippen LogP) is 3.51. The van der Waals surface area contributed by atoms with Gasteiger partial charge < -0.3 is 0 Å². The van der Waals surface area contributed by atoms with Gasteiger partial charge in [-0.1, -0.05) is 37.1 Å². The van der Waals surface area contributed by atoms with Crippen LogP contribution in [0.2, 0.25) is 0 Å². The van der Waals surface area contributed by atoms with E-state index >= 15 is 0 Å². The first kappa shape index (κ1) is 8.80. The summed E-state index contributed by atoms with van der Waals surface area (Å²) in [6, 6.07) is 6.94. The molecule has 0 N–H and O–H groups in total. The molecule has 0 amide bonds. The van der Waals surface area contributed by atoms with Crippen molar-refractivity contribution in [2.24, 2.45) is 5.92 Å². The predicted molar refractivity (Wildman–Crippen MR) is 57.0 cm³/mol. The van der Waals surface area contributed by atoms with Crippen LogP contribution in [0.1, 0.15) is 36.5 Å². The molecule has 0 saturated carbocycles. The summed E-state index contributed by atoms with van der Waals surface area (Å²) in [6.45, 7) is 4.50. The Morgan fingerprint density at radius 2 is 2.15 bits per heavy atom. The number of rotatable bonds is 1. The maximum Gasteiger partial charge on any atom is -0.0248 e.